The van der Waals surface area contributed by atoms with E-state index in [4.69, 9.17) is 0 Å². The lowest BCUT2D eigenvalue weighted by atomic mass is 9.74. The third-order valence-corrected chi connectivity index (χ3v) is 7.58. The van der Waals surface area contributed by atoms with Crippen LogP contribution in [0.2, 0.25) is 0 Å². The van der Waals surface area contributed by atoms with Crippen LogP contribution in [0.25, 0.3) is 0 Å². The Bertz CT molecular complexity index is 1030. The zero-order valence-corrected chi connectivity index (χ0v) is 17.2. The van der Waals surface area contributed by atoms with Gasteiger partial charge in [0, 0.05) is 51.4 Å². The molecule has 158 valence electrons. The van der Waals surface area contributed by atoms with Gasteiger partial charge in [-0.25, -0.2) is 13.4 Å². The highest BCUT2D eigenvalue weighted by atomic mass is 32.2. The molecule has 11 heteroatoms. The van der Waals surface area contributed by atoms with Gasteiger partial charge >= 0.3 is 6.18 Å². The number of pyridine rings is 1. The minimum atomic E-state index is -4.61. The second-order valence-corrected chi connectivity index (χ2v) is 10.0. The van der Waals surface area contributed by atoms with E-state index in [-0.39, 0.29) is 21.6 Å². The third kappa shape index (κ3) is 3.55. The highest BCUT2D eigenvalue weighted by molar-refractivity contribution is 7.89. The molecular formula is C18H22F3N5O2S. The van der Waals surface area contributed by atoms with Gasteiger partial charge in [-0.2, -0.15) is 22.6 Å². The van der Waals surface area contributed by atoms with Gasteiger partial charge in [0.1, 0.15) is 10.6 Å². The molecule has 0 atom stereocenters. The van der Waals surface area contributed by atoms with Crippen LogP contribution in [0.5, 0.6) is 0 Å². The number of sulfonamides is 1. The van der Waals surface area contributed by atoms with E-state index in [1.165, 1.54) is 18.2 Å². The molecule has 2 aromatic rings. The van der Waals surface area contributed by atoms with Crippen molar-refractivity contribution in [2.24, 2.45) is 12.5 Å². The standard InChI is InChI=1S/C18H22F3N5O2S/c1-12-6-15(18(19,20)21)22-13(2)16(12)29(27,28)26-10-17(11-26)8-25(9-17)7-14-4-5-24(3)23-14/h4-6H,7-11H2,1-3H3. The Morgan fingerprint density at radius 2 is 1.83 bits per heavy atom. The number of nitrogens with zero attached hydrogens (tertiary/aromatic N) is 5. The van der Waals surface area contributed by atoms with Crippen molar-refractivity contribution >= 4 is 10.0 Å². The number of aryl methyl sites for hydroxylation is 3. The second kappa shape index (κ2) is 6.51. The molecule has 0 aliphatic carbocycles. The van der Waals surface area contributed by atoms with Crippen LogP contribution in [-0.4, -0.2) is 58.6 Å². The lowest BCUT2D eigenvalue weighted by Gasteiger charge is -2.59. The van der Waals surface area contributed by atoms with Crippen LogP contribution in [0.3, 0.4) is 0 Å². The van der Waals surface area contributed by atoms with Crippen molar-refractivity contribution in [3.63, 3.8) is 0 Å². The van der Waals surface area contributed by atoms with Crippen LogP contribution >= 0.6 is 0 Å². The number of hydrogen-bond acceptors (Lipinski definition) is 5. The molecule has 4 heterocycles. The first kappa shape index (κ1) is 20.3. The number of rotatable bonds is 4. The number of halogens is 3. The van der Waals surface area contributed by atoms with Crippen LogP contribution in [0.1, 0.15) is 22.6 Å². The monoisotopic (exact) mass is 429 g/mol. The summed E-state index contributed by atoms with van der Waals surface area (Å²) < 4.78 is 67.9. The Labute approximate surface area is 167 Å². The fourth-order valence-electron chi connectivity index (χ4n) is 4.35. The SMILES string of the molecule is Cc1cc(C(F)(F)F)nc(C)c1S(=O)(=O)N1CC2(CN(Cc3ccn(C)n3)C2)C1. The maximum absolute atomic E-state index is 13.0. The zero-order chi connectivity index (χ0) is 21.2. The molecule has 1 spiro atoms. The first-order valence-corrected chi connectivity index (χ1v) is 10.6. The lowest BCUT2D eigenvalue weighted by Crippen LogP contribution is -2.72. The zero-order valence-electron chi connectivity index (χ0n) is 16.4. The molecule has 2 aromatic heterocycles. The summed E-state index contributed by atoms with van der Waals surface area (Å²) in [5.74, 6) is 0. The normalized spacial score (nSPS) is 19.9. The maximum atomic E-state index is 13.0. The fourth-order valence-corrected chi connectivity index (χ4v) is 6.38. The van der Waals surface area contributed by atoms with E-state index >= 15 is 0 Å². The van der Waals surface area contributed by atoms with Gasteiger partial charge in [-0.05, 0) is 31.5 Å². The van der Waals surface area contributed by atoms with Gasteiger partial charge in [0.15, 0.2) is 0 Å². The molecule has 7 nitrogen and oxygen atoms in total. The smallest absolute Gasteiger partial charge is 0.296 e. The highest BCUT2D eigenvalue weighted by Crippen LogP contribution is 2.43. The van der Waals surface area contributed by atoms with Gasteiger partial charge in [0.25, 0.3) is 0 Å². The first-order chi connectivity index (χ1) is 13.4. The molecule has 0 radical (unpaired) electrons. The number of alkyl halides is 3. The second-order valence-electron chi connectivity index (χ2n) is 8.14. The topological polar surface area (TPSA) is 71.3 Å². The van der Waals surface area contributed by atoms with E-state index in [0.717, 1.165) is 31.4 Å². The van der Waals surface area contributed by atoms with Crippen molar-refractivity contribution < 1.29 is 21.6 Å². The van der Waals surface area contributed by atoms with Crippen LogP contribution in [-0.2, 0) is 29.8 Å². The summed E-state index contributed by atoms with van der Waals surface area (Å²) >= 11 is 0. The average molecular weight is 429 g/mol. The third-order valence-electron chi connectivity index (χ3n) is 5.51. The molecular weight excluding hydrogens is 407 g/mol. The molecule has 0 saturated carbocycles. The highest BCUT2D eigenvalue weighted by Gasteiger charge is 2.55. The molecule has 2 saturated heterocycles. The van der Waals surface area contributed by atoms with Crippen molar-refractivity contribution in [3.05, 3.63) is 41.0 Å². The predicted molar refractivity (Wildman–Crippen MR) is 98.4 cm³/mol. The van der Waals surface area contributed by atoms with Gasteiger partial charge in [-0.1, -0.05) is 0 Å². The van der Waals surface area contributed by atoms with E-state index in [9.17, 15) is 21.6 Å². The molecule has 0 amide bonds. The van der Waals surface area contributed by atoms with Crippen molar-refractivity contribution in [2.75, 3.05) is 26.2 Å². The van der Waals surface area contributed by atoms with Crippen molar-refractivity contribution in [3.8, 4) is 0 Å². The number of hydrogen-bond donors (Lipinski definition) is 0. The molecule has 0 unspecified atom stereocenters. The summed E-state index contributed by atoms with van der Waals surface area (Å²) in [7, 11) is -2.02. The van der Waals surface area contributed by atoms with Crippen molar-refractivity contribution in [1.29, 1.82) is 0 Å². The Morgan fingerprint density at radius 3 is 2.34 bits per heavy atom. The van der Waals surface area contributed by atoms with E-state index in [2.05, 4.69) is 15.0 Å². The van der Waals surface area contributed by atoms with E-state index in [0.29, 0.717) is 13.1 Å². The van der Waals surface area contributed by atoms with Gasteiger partial charge in [0.05, 0.1) is 11.4 Å². The fraction of sp³-hybridized carbons (Fsp3) is 0.556. The van der Waals surface area contributed by atoms with Gasteiger partial charge in [0.2, 0.25) is 10.0 Å². The van der Waals surface area contributed by atoms with Crippen LogP contribution in [0, 0.1) is 19.3 Å². The largest absolute Gasteiger partial charge is 0.433 e. The Morgan fingerprint density at radius 1 is 1.17 bits per heavy atom. The Balaban J connectivity index is 1.43. The van der Waals surface area contributed by atoms with E-state index in [1.807, 2.05) is 19.3 Å². The number of aromatic nitrogens is 3. The van der Waals surface area contributed by atoms with Crippen LogP contribution in [0.4, 0.5) is 13.2 Å². The first-order valence-electron chi connectivity index (χ1n) is 9.16. The molecule has 0 bridgehead atoms. The lowest BCUT2D eigenvalue weighted by molar-refractivity contribution is -0.141. The molecule has 29 heavy (non-hydrogen) atoms. The molecule has 0 aromatic carbocycles. The maximum Gasteiger partial charge on any atom is 0.433 e. The molecule has 2 aliphatic heterocycles. The summed E-state index contributed by atoms with van der Waals surface area (Å²) in [5.41, 5.74) is -0.244. The minimum absolute atomic E-state index is 0.0659. The molecule has 2 fully saturated rings. The van der Waals surface area contributed by atoms with Gasteiger partial charge in [-0.3, -0.25) is 9.58 Å². The van der Waals surface area contributed by atoms with Gasteiger partial charge in [-0.15, -0.1) is 0 Å². The van der Waals surface area contributed by atoms with E-state index < -0.39 is 21.9 Å². The minimum Gasteiger partial charge on any atom is -0.296 e. The summed E-state index contributed by atoms with van der Waals surface area (Å²) in [6, 6.07) is 2.75. The predicted octanol–water partition coefficient (Wildman–Crippen LogP) is 1.96. The summed E-state index contributed by atoms with van der Waals surface area (Å²) in [6.45, 7) is 5.70. The Hall–Kier alpha value is -1.98. The van der Waals surface area contributed by atoms with Crippen molar-refractivity contribution in [2.45, 2.75) is 31.5 Å². The van der Waals surface area contributed by atoms with Gasteiger partial charge < -0.3 is 0 Å². The van der Waals surface area contributed by atoms with E-state index in [1.54, 1.807) is 4.68 Å². The Kier molecular flexibility index (Phi) is 4.56. The molecule has 4 rings (SSSR count). The quantitative estimate of drug-likeness (QED) is 0.743. The summed E-state index contributed by atoms with van der Waals surface area (Å²) in [4.78, 5) is 5.59. The van der Waals surface area contributed by atoms with Crippen LogP contribution in [0.15, 0.2) is 23.2 Å². The number of likely N-dealkylation sites (tertiary alicyclic amines) is 1. The average Bonchev–Trinajstić information content (AvgIpc) is 2.91. The summed E-state index contributed by atoms with van der Waals surface area (Å²) in [5, 5.41) is 4.34. The van der Waals surface area contributed by atoms with Crippen molar-refractivity contribution in [1.82, 2.24) is 24.0 Å². The molecule has 0 N–H and O–H groups in total. The summed E-state index contributed by atoms with van der Waals surface area (Å²) in [6.07, 6.45) is -2.73. The molecule has 2 aliphatic rings. The van der Waals surface area contributed by atoms with Crippen LogP contribution < -0.4 is 0 Å².